The molecule has 0 heterocycles. The highest BCUT2D eigenvalue weighted by Gasteiger charge is 2.10. The van der Waals surface area contributed by atoms with Gasteiger partial charge in [-0.05, 0) is 25.2 Å². The van der Waals surface area contributed by atoms with Gasteiger partial charge in [-0.25, -0.2) is 4.79 Å². The molecule has 2 heteroatoms. The van der Waals surface area contributed by atoms with Gasteiger partial charge < -0.3 is 4.74 Å². The van der Waals surface area contributed by atoms with Crippen molar-refractivity contribution in [3.63, 3.8) is 0 Å². The fraction of sp³-hybridized carbons (Fsp3) is 0.643. The predicted molar refractivity (Wildman–Crippen MR) is 66.1 cm³/mol. The molecular formula is C14H22O2. The Morgan fingerprint density at radius 3 is 2.69 bits per heavy atom. The van der Waals surface area contributed by atoms with Gasteiger partial charge >= 0.3 is 5.97 Å². The third kappa shape index (κ3) is 5.74. The molecule has 0 radical (unpaired) electrons. The standard InChI is InChI=1S/C14H22O2/c1-2-3-7-12-16-14(15)11-10-13-8-5-4-6-9-13/h3,7,10-11,13H,2,4-6,8-9,12H2,1H3/b7-3+,11-10-. The molecular weight excluding hydrogens is 200 g/mol. The molecule has 0 atom stereocenters. The second-order valence-electron chi connectivity index (χ2n) is 4.27. The van der Waals surface area contributed by atoms with E-state index in [2.05, 4.69) is 6.92 Å². The zero-order chi connectivity index (χ0) is 11.6. The van der Waals surface area contributed by atoms with Crippen LogP contribution in [-0.4, -0.2) is 12.6 Å². The summed E-state index contributed by atoms with van der Waals surface area (Å²) in [6.07, 6.45) is 14.9. The molecule has 16 heavy (non-hydrogen) atoms. The molecule has 0 aromatic rings. The second kappa shape index (κ2) is 8.14. The molecule has 2 nitrogen and oxygen atoms in total. The van der Waals surface area contributed by atoms with Crippen LogP contribution in [0.5, 0.6) is 0 Å². The van der Waals surface area contributed by atoms with Crippen LogP contribution in [0, 0.1) is 5.92 Å². The zero-order valence-corrected chi connectivity index (χ0v) is 10.2. The van der Waals surface area contributed by atoms with Crippen molar-refractivity contribution in [3.8, 4) is 0 Å². The van der Waals surface area contributed by atoms with Crippen LogP contribution in [0.2, 0.25) is 0 Å². The third-order valence-corrected chi connectivity index (χ3v) is 2.88. The van der Waals surface area contributed by atoms with Crippen molar-refractivity contribution in [2.75, 3.05) is 6.61 Å². The quantitative estimate of drug-likeness (QED) is 0.403. The first-order valence-corrected chi connectivity index (χ1v) is 6.33. The van der Waals surface area contributed by atoms with E-state index in [0.29, 0.717) is 12.5 Å². The van der Waals surface area contributed by atoms with E-state index in [1.807, 2.05) is 18.2 Å². The van der Waals surface area contributed by atoms with Gasteiger partial charge in [-0.15, -0.1) is 0 Å². The van der Waals surface area contributed by atoms with Crippen LogP contribution in [0.15, 0.2) is 24.3 Å². The molecule has 0 aromatic heterocycles. The lowest BCUT2D eigenvalue weighted by atomic mass is 9.89. The topological polar surface area (TPSA) is 26.3 Å². The fourth-order valence-corrected chi connectivity index (χ4v) is 1.95. The highest BCUT2D eigenvalue weighted by Crippen LogP contribution is 2.24. The van der Waals surface area contributed by atoms with E-state index < -0.39 is 0 Å². The van der Waals surface area contributed by atoms with Gasteiger partial charge in [0.15, 0.2) is 0 Å². The number of hydrogen-bond donors (Lipinski definition) is 0. The summed E-state index contributed by atoms with van der Waals surface area (Å²) in [5.41, 5.74) is 0. The Hall–Kier alpha value is -1.05. The number of allylic oxidation sites excluding steroid dienone is 2. The molecule has 0 aromatic carbocycles. The van der Waals surface area contributed by atoms with Gasteiger partial charge in [0.05, 0.1) is 0 Å². The maximum absolute atomic E-state index is 11.3. The van der Waals surface area contributed by atoms with E-state index in [4.69, 9.17) is 4.74 Å². The van der Waals surface area contributed by atoms with Gasteiger partial charge in [0.25, 0.3) is 0 Å². The second-order valence-corrected chi connectivity index (χ2v) is 4.27. The molecule has 0 N–H and O–H groups in total. The van der Waals surface area contributed by atoms with Gasteiger partial charge in [-0.2, -0.15) is 0 Å². The maximum atomic E-state index is 11.3. The van der Waals surface area contributed by atoms with Crippen LogP contribution < -0.4 is 0 Å². The molecule has 0 spiro atoms. The molecule has 1 aliphatic carbocycles. The summed E-state index contributed by atoms with van der Waals surface area (Å²) < 4.78 is 5.02. The SMILES string of the molecule is CC/C=C/COC(=O)/C=C\C1CCCCC1. The van der Waals surface area contributed by atoms with E-state index >= 15 is 0 Å². The van der Waals surface area contributed by atoms with Crippen LogP contribution in [0.1, 0.15) is 45.4 Å². The van der Waals surface area contributed by atoms with E-state index in [-0.39, 0.29) is 5.97 Å². The summed E-state index contributed by atoms with van der Waals surface area (Å²) in [4.78, 5) is 11.3. The van der Waals surface area contributed by atoms with Crippen molar-refractivity contribution >= 4 is 5.97 Å². The van der Waals surface area contributed by atoms with Crippen LogP contribution in [-0.2, 0) is 9.53 Å². The van der Waals surface area contributed by atoms with E-state index in [1.54, 1.807) is 6.08 Å². The van der Waals surface area contributed by atoms with Gasteiger partial charge in [-0.3, -0.25) is 0 Å². The minimum Gasteiger partial charge on any atom is -0.458 e. The van der Waals surface area contributed by atoms with Crippen LogP contribution in [0.4, 0.5) is 0 Å². The minimum atomic E-state index is -0.216. The number of rotatable bonds is 5. The zero-order valence-electron chi connectivity index (χ0n) is 10.2. The average Bonchev–Trinajstić information content (AvgIpc) is 2.33. The van der Waals surface area contributed by atoms with E-state index in [9.17, 15) is 4.79 Å². The molecule has 90 valence electrons. The van der Waals surface area contributed by atoms with Crippen molar-refractivity contribution in [3.05, 3.63) is 24.3 Å². The highest BCUT2D eigenvalue weighted by atomic mass is 16.5. The third-order valence-electron chi connectivity index (χ3n) is 2.88. The molecule has 0 unspecified atom stereocenters. The Bertz CT molecular complexity index is 247. The van der Waals surface area contributed by atoms with Crippen LogP contribution >= 0.6 is 0 Å². The summed E-state index contributed by atoms with van der Waals surface area (Å²) in [5, 5.41) is 0. The average molecular weight is 222 g/mol. The molecule has 0 bridgehead atoms. The summed E-state index contributed by atoms with van der Waals surface area (Å²) >= 11 is 0. The molecule has 1 aliphatic rings. The molecule has 1 saturated carbocycles. The number of esters is 1. The summed E-state index contributed by atoms with van der Waals surface area (Å²) in [6.45, 7) is 2.45. The lowest BCUT2D eigenvalue weighted by Crippen LogP contribution is -2.05. The van der Waals surface area contributed by atoms with Crippen molar-refractivity contribution in [2.24, 2.45) is 5.92 Å². The summed E-state index contributed by atoms with van der Waals surface area (Å²) in [7, 11) is 0. The molecule has 0 amide bonds. The minimum absolute atomic E-state index is 0.216. The van der Waals surface area contributed by atoms with Gasteiger partial charge in [0.1, 0.15) is 6.61 Å². The normalized spacial score (nSPS) is 18.3. The smallest absolute Gasteiger partial charge is 0.330 e. The monoisotopic (exact) mass is 222 g/mol. The van der Waals surface area contributed by atoms with Crippen molar-refractivity contribution in [1.82, 2.24) is 0 Å². The molecule has 1 rings (SSSR count). The Morgan fingerprint density at radius 2 is 2.00 bits per heavy atom. The Labute approximate surface area is 98.4 Å². The molecule has 0 saturated heterocycles. The van der Waals surface area contributed by atoms with Gasteiger partial charge in [0.2, 0.25) is 0 Å². The van der Waals surface area contributed by atoms with Crippen molar-refractivity contribution in [2.45, 2.75) is 45.4 Å². The lowest BCUT2D eigenvalue weighted by Gasteiger charge is -2.17. The fourth-order valence-electron chi connectivity index (χ4n) is 1.95. The Morgan fingerprint density at radius 1 is 1.25 bits per heavy atom. The number of hydrogen-bond acceptors (Lipinski definition) is 2. The summed E-state index contributed by atoms with van der Waals surface area (Å²) in [5.74, 6) is 0.374. The molecule has 0 aliphatic heterocycles. The highest BCUT2D eigenvalue weighted by molar-refractivity contribution is 5.81. The number of carbonyl (C=O) groups excluding carboxylic acids is 1. The Balaban J connectivity index is 2.16. The van der Waals surface area contributed by atoms with E-state index in [0.717, 1.165) is 6.42 Å². The van der Waals surface area contributed by atoms with Crippen LogP contribution in [0.25, 0.3) is 0 Å². The molecule has 1 fully saturated rings. The van der Waals surface area contributed by atoms with E-state index in [1.165, 1.54) is 32.1 Å². The first-order valence-electron chi connectivity index (χ1n) is 6.33. The summed E-state index contributed by atoms with van der Waals surface area (Å²) in [6, 6.07) is 0. The number of carbonyl (C=O) groups is 1. The number of ether oxygens (including phenoxy) is 1. The van der Waals surface area contributed by atoms with Crippen LogP contribution in [0.3, 0.4) is 0 Å². The van der Waals surface area contributed by atoms with Gasteiger partial charge in [0, 0.05) is 6.08 Å². The lowest BCUT2D eigenvalue weighted by molar-refractivity contribution is -0.136. The van der Waals surface area contributed by atoms with Gasteiger partial charge in [-0.1, -0.05) is 44.4 Å². The first kappa shape index (κ1) is 13.0. The Kier molecular flexibility index (Phi) is 6.62. The first-order chi connectivity index (χ1) is 7.83. The largest absolute Gasteiger partial charge is 0.458 e. The predicted octanol–water partition coefficient (Wildman–Crippen LogP) is 3.63. The van der Waals surface area contributed by atoms with Crippen molar-refractivity contribution < 1.29 is 9.53 Å². The maximum Gasteiger partial charge on any atom is 0.330 e. The van der Waals surface area contributed by atoms with Crippen molar-refractivity contribution in [1.29, 1.82) is 0 Å².